The predicted molar refractivity (Wildman–Crippen MR) is 84.6 cm³/mol. The normalized spacial score (nSPS) is 21.2. The Morgan fingerprint density at radius 2 is 2.05 bits per heavy atom. The summed E-state index contributed by atoms with van der Waals surface area (Å²) in [7, 11) is 2.13. The molecule has 1 aromatic carbocycles. The Morgan fingerprint density at radius 3 is 2.86 bits per heavy atom. The van der Waals surface area contributed by atoms with Crippen molar-refractivity contribution in [2.75, 3.05) is 18.9 Å². The molecular formula is C16H17N3OS. The van der Waals surface area contributed by atoms with Gasteiger partial charge in [-0.05, 0) is 24.6 Å². The number of rotatable bonds is 1. The molecule has 0 unspecified atom stereocenters. The molecule has 108 valence electrons. The minimum atomic E-state index is -0.135. The van der Waals surface area contributed by atoms with E-state index in [9.17, 15) is 4.79 Å². The van der Waals surface area contributed by atoms with Crippen molar-refractivity contribution < 1.29 is 4.79 Å². The summed E-state index contributed by atoms with van der Waals surface area (Å²) in [6.07, 6.45) is 0.826. The molecule has 4 rings (SSSR count). The third-order valence-corrected chi connectivity index (χ3v) is 5.31. The molecule has 2 aromatic rings. The Morgan fingerprint density at radius 1 is 1.24 bits per heavy atom. The van der Waals surface area contributed by atoms with Crippen molar-refractivity contribution in [3.63, 3.8) is 0 Å². The number of thiophene rings is 1. The molecule has 0 saturated carbocycles. The van der Waals surface area contributed by atoms with E-state index in [-0.39, 0.29) is 12.1 Å². The van der Waals surface area contributed by atoms with Gasteiger partial charge >= 0.3 is 0 Å². The zero-order valence-corrected chi connectivity index (χ0v) is 12.7. The summed E-state index contributed by atoms with van der Waals surface area (Å²) in [5, 5.41) is 7.58. The molecule has 2 aliphatic rings. The van der Waals surface area contributed by atoms with Gasteiger partial charge in [-0.15, -0.1) is 11.3 Å². The molecule has 3 heterocycles. The van der Waals surface area contributed by atoms with Crippen LogP contribution in [0.25, 0.3) is 0 Å². The molecule has 0 spiro atoms. The Hall–Kier alpha value is -1.85. The van der Waals surface area contributed by atoms with Crippen LogP contribution >= 0.6 is 11.3 Å². The molecule has 0 saturated heterocycles. The first-order valence-electron chi connectivity index (χ1n) is 7.18. The van der Waals surface area contributed by atoms with Crippen LogP contribution < -0.4 is 10.6 Å². The highest BCUT2D eigenvalue weighted by atomic mass is 32.1. The number of hydrogen-bond donors (Lipinski definition) is 2. The molecule has 1 atom stereocenters. The van der Waals surface area contributed by atoms with Crippen LogP contribution in [0.5, 0.6) is 0 Å². The number of benzene rings is 1. The second-order valence-corrected chi connectivity index (χ2v) is 6.76. The predicted octanol–water partition coefficient (Wildman–Crippen LogP) is 2.59. The van der Waals surface area contributed by atoms with E-state index in [0.717, 1.165) is 35.6 Å². The summed E-state index contributed by atoms with van der Waals surface area (Å²) < 4.78 is 0. The molecule has 0 radical (unpaired) electrons. The van der Waals surface area contributed by atoms with E-state index in [0.29, 0.717) is 0 Å². The minimum absolute atomic E-state index is 0.0552. The van der Waals surface area contributed by atoms with Crippen LogP contribution in [-0.2, 0) is 13.0 Å². The highest BCUT2D eigenvalue weighted by molar-refractivity contribution is 7.16. The number of hydrogen-bond acceptors (Lipinski definition) is 4. The average Bonchev–Trinajstić information content (AvgIpc) is 2.85. The van der Waals surface area contributed by atoms with Crippen LogP contribution in [0.15, 0.2) is 30.3 Å². The van der Waals surface area contributed by atoms with Gasteiger partial charge in [-0.1, -0.05) is 30.3 Å². The zero-order chi connectivity index (χ0) is 14.4. The van der Waals surface area contributed by atoms with E-state index in [4.69, 9.17) is 0 Å². The Labute approximate surface area is 127 Å². The number of anilines is 1. The van der Waals surface area contributed by atoms with Crippen molar-refractivity contribution in [1.82, 2.24) is 10.2 Å². The maximum absolute atomic E-state index is 12.5. The number of likely N-dealkylation sites (N-methyl/N-ethyl adjacent to an activating group) is 1. The first-order chi connectivity index (χ1) is 10.2. The Kier molecular flexibility index (Phi) is 2.97. The van der Waals surface area contributed by atoms with Crippen molar-refractivity contribution in [2.45, 2.75) is 19.1 Å². The van der Waals surface area contributed by atoms with Gasteiger partial charge in [0.1, 0.15) is 11.2 Å². The fourth-order valence-corrected chi connectivity index (χ4v) is 4.41. The second-order valence-electron chi connectivity index (χ2n) is 5.66. The third kappa shape index (κ3) is 2.13. The summed E-state index contributed by atoms with van der Waals surface area (Å²) in [4.78, 5) is 16.2. The molecule has 21 heavy (non-hydrogen) atoms. The summed E-state index contributed by atoms with van der Waals surface area (Å²) in [5.74, 6) is 0.0552. The quantitative estimate of drug-likeness (QED) is 0.851. The van der Waals surface area contributed by atoms with Gasteiger partial charge in [0.05, 0.1) is 5.56 Å². The molecular weight excluding hydrogens is 282 g/mol. The number of nitrogens with zero attached hydrogens (tertiary/aromatic N) is 1. The van der Waals surface area contributed by atoms with Crippen molar-refractivity contribution in [2.24, 2.45) is 0 Å². The maximum Gasteiger partial charge on any atom is 0.256 e. The monoisotopic (exact) mass is 299 g/mol. The maximum atomic E-state index is 12.5. The number of carbonyl (C=O) groups is 1. The first kappa shape index (κ1) is 12.9. The average molecular weight is 299 g/mol. The molecule has 2 aliphatic heterocycles. The lowest BCUT2D eigenvalue weighted by atomic mass is 10.0. The largest absolute Gasteiger partial charge is 0.353 e. The van der Waals surface area contributed by atoms with Gasteiger partial charge in [-0.25, -0.2) is 0 Å². The Balaban J connectivity index is 1.71. The number of carbonyl (C=O) groups excluding carboxylic acids is 1. The molecule has 0 bridgehead atoms. The minimum Gasteiger partial charge on any atom is -0.353 e. The molecule has 0 aliphatic carbocycles. The molecule has 5 heteroatoms. The molecule has 2 N–H and O–H groups in total. The first-order valence-corrected chi connectivity index (χ1v) is 7.99. The van der Waals surface area contributed by atoms with Crippen LogP contribution in [-0.4, -0.2) is 24.4 Å². The van der Waals surface area contributed by atoms with Gasteiger partial charge in [-0.3, -0.25) is 4.79 Å². The third-order valence-electron chi connectivity index (χ3n) is 4.16. The highest BCUT2D eigenvalue weighted by Crippen LogP contribution is 2.40. The summed E-state index contributed by atoms with van der Waals surface area (Å²) in [5.41, 5.74) is 3.19. The topological polar surface area (TPSA) is 44.4 Å². The van der Waals surface area contributed by atoms with Crippen molar-refractivity contribution in [1.29, 1.82) is 0 Å². The van der Waals surface area contributed by atoms with Crippen molar-refractivity contribution in [3.8, 4) is 0 Å². The van der Waals surface area contributed by atoms with Crippen molar-refractivity contribution in [3.05, 3.63) is 51.9 Å². The van der Waals surface area contributed by atoms with Crippen LogP contribution in [0.4, 0.5) is 5.00 Å². The lowest BCUT2D eigenvalue weighted by molar-refractivity contribution is 0.0935. The van der Waals surface area contributed by atoms with Gasteiger partial charge in [0.2, 0.25) is 0 Å². The molecule has 1 amide bonds. The Bertz CT molecular complexity index is 695. The van der Waals surface area contributed by atoms with E-state index in [1.54, 1.807) is 11.3 Å². The second kappa shape index (κ2) is 4.86. The van der Waals surface area contributed by atoms with Gasteiger partial charge in [-0.2, -0.15) is 0 Å². The van der Waals surface area contributed by atoms with E-state index in [2.05, 4.69) is 22.6 Å². The van der Waals surface area contributed by atoms with Crippen LogP contribution in [0.2, 0.25) is 0 Å². The SMILES string of the molecule is CN1CCc2c(sc3c2C(=O)N[C@H](c2ccccc2)N3)C1. The smallest absolute Gasteiger partial charge is 0.256 e. The van der Waals surface area contributed by atoms with Gasteiger partial charge in [0, 0.05) is 18.0 Å². The van der Waals surface area contributed by atoms with E-state index in [1.807, 2.05) is 30.3 Å². The molecule has 0 fully saturated rings. The van der Waals surface area contributed by atoms with Gasteiger partial charge in [0.25, 0.3) is 5.91 Å². The molecule has 4 nitrogen and oxygen atoms in total. The van der Waals surface area contributed by atoms with Crippen LogP contribution in [0.1, 0.15) is 32.5 Å². The lowest BCUT2D eigenvalue weighted by Gasteiger charge is -2.27. The van der Waals surface area contributed by atoms with E-state index < -0.39 is 0 Å². The summed E-state index contributed by atoms with van der Waals surface area (Å²) in [6, 6.07) is 10.0. The number of nitrogens with one attached hydrogen (secondary N) is 2. The van der Waals surface area contributed by atoms with E-state index in [1.165, 1.54) is 10.4 Å². The fourth-order valence-electron chi connectivity index (χ4n) is 3.06. The van der Waals surface area contributed by atoms with Gasteiger partial charge in [0.15, 0.2) is 0 Å². The zero-order valence-electron chi connectivity index (χ0n) is 11.8. The summed E-state index contributed by atoms with van der Waals surface area (Å²) >= 11 is 1.73. The fraction of sp³-hybridized carbons (Fsp3) is 0.312. The molecule has 1 aromatic heterocycles. The van der Waals surface area contributed by atoms with Crippen molar-refractivity contribution >= 4 is 22.2 Å². The van der Waals surface area contributed by atoms with Crippen LogP contribution in [0.3, 0.4) is 0 Å². The van der Waals surface area contributed by atoms with E-state index >= 15 is 0 Å². The standard InChI is InChI=1S/C16H17N3OS/c1-19-8-7-11-12(9-19)21-16-13(11)15(20)17-14(18-16)10-5-3-2-4-6-10/h2-6,14,18H,7-9H2,1H3,(H,17,20)/t14-/m0/s1. The van der Waals surface area contributed by atoms with Gasteiger partial charge < -0.3 is 15.5 Å². The van der Waals surface area contributed by atoms with Crippen LogP contribution in [0, 0.1) is 0 Å². The number of amides is 1. The summed E-state index contributed by atoms with van der Waals surface area (Å²) in [6.45, 7) is 1.96. The number of fused-ring (bicyclic) bond motifs is 3. The lowest BCUT2D eigenvalue weighted by Crippen LogP contribution is -2.38. The highest BCUT2D eigenvalue weighted by Gasteiger charge is 2.32.